The molecule has 0 aromatic carbocycles. The van der Waals surface area contributed by atoms with E-state index in [4.69, 9.17) is 14.9 Å². The van der Waals surface area contributed by atoms with E-state index in [0.717, 1.165) is 0 Å². The molecule has 1 aliphatic rings. The van der Waals surface area contributed by atoms with Crippen LogP contribution in [0.5, 0.6) is 0 Å². The second-order valence-electron chi connectivity index (χ2n) is 4.63. The van der Waals surface area contributed by atoms with Gasteiger partial charge in [-0.3, -0.25) is 9.59 Å². The number of nitrogens with zero attached hydrogens (tertiary/aromatic N) is 3. The van der Waals surface area contributed by atoms with Crippen LogP contribution in [0.2, 0.25) is 0 Å². The van der Waals surface area contributed by atoms with E-state index in [1.54, 1.807) is 4.90 Å². The van der Waals surface area contributed by atoms with Gasteiger partial charge in [-0.05, 0) is 12.8 Å². The smallest absolute Gasteiger partial charge is 0.308 e. The van der Waals surface area contributed by atoms with Gasteiger partial charge >= 0.3 is 5.97 Å². The van der Waals surface area contributed by atoms with Crippen LogP contribution in [-0.2, 0) is 20.9 Å². The van der Waals surface area contributed by atoms with E-state index in [9.17, 15) is 9.59 Å². The summed E-state index contributed by atoms with van der Waals surface area (Å²) in [7, 11) is 1.39. The normalized spacial score (nSPS) is 16.0. The van der Waals surface area contributed by atoms with Gasteiger partial charge in [0.05, 0.1) is 25.3 Å². The summed E-state index contributed by atoms with van der Waals surface area (Å²) in [5, 5.41) is 7.85. The highest BCUT2D eigenvalue weighted by Gasteiger charge is 2.27. The van der Waals surface area contributed by atoms with Crippen molar-refractivity contribution >= 4 is 23.6 Å². The predicted octanol–water partition coefficient (Wildman–Crippen LogP) is 0.0320. The number of piperidine rings is 1. The second kappa shape index (κ2) is 7.41. The zero-order valence-corrected chi connectivity index (χ0v) is 12.6. The summed E-state index contributed by atoms with van der Waals surface area (Å²) in [6.45, 7) is 1.32. The van der Waals surface area contributed by atoms with Gasteiger partial charge in [0.1, 0.15) is 0 Å². The van der Waals surface area contributed by atoms with Crippen LogP contribution >= 0.6 is 11.8 Å². The van der Waals surface area contributed by atoms with Gasteiger partial charge in [0.25, 0.3) is 5.22 Å². The fraction of sp³-hybridized carbons (Fsp3) is 0.667. The molecule has 2 rings (SSSR count). The molecule has 21 heavy (non-hydrogen) atoms. The van der Waals surface area contributed by atoms with Crippen molar-refractivity contribution < 1.29 is 18.7 Å². The van der Waals surface area contributed by atoms with Gasteiger partial charge in [0, 0.05) is 13.1 Å². The number of aromatic nitrogens is 2. The average Bonchev–Trinajstić information content (AvgIpc) is 3.00. The van der Waals surface area contributed by atoms with Gasteiger partial charge in [-0.15, -0.1) is 10.2 Å². The van der Waals surface area contributed by atoms with E-state index in [1.807, 2.05) is 0 Å². The van der Waals surface area contributed by atoms with Crippen molar-refractivity contribution in [1.29, 1.82) is 0 Å². The summed E-state index contributed by atoms with van der Waals surface area (Å²) in [5.41, 5.74) is 5.37. The van der Waals surface area contributed by atoms with Crippen LogP contribution in [0.3, 0.4) is 0 Å². The number of thioether (sulfide) groups is 1. The Morgan fingerprint density at radius 3 is 2.71 bits per heavy atom. The average molecular weight is 314 g/mol. The van der Waals surface area contributed by atoms with E-state index in [2.05, 4.69) is 10.2 Å². The molecule has 2 N–H and O–H groups in total. The monoisotopic (exact) mass is 314 g/mol. The molecule has 9 heteroatoms. The van der Waals surface area contributed by atoms with Gasteiger partial charge in [0.15, 0.2) is 0 Å². The van der Waals surface area contributed by atoms with E-state index in [0.29, 0.717) is 37.0 Å². The maximum atomic E-state index is 12.1. The molecule has 1 aromatic rings. The minimum Gasteiger partial charge on any atom is -0.469 e. The Kier molecular flexibility index (Phi) is 5.57. The molecule has 0 atom stereocenters. The fourth-order valence-electron chi connectivity index (χ4n) is 2.13. The van der Waals surface area contributed by atoms with Gasteiger partial charge < -0.3 is 19.8 Å². The van der Waals surface area contributed by atoms with E-state index < -0.39 is 0 Å². The number of ether oxygens (including phenoxy) is 1. The summed E-state index contributed by atoms with van der Waals surface area (Å²) in [4.78, 5) is 25.2. The first-order chi connectivity index (χ1) is 10.1. The molecular weight excluding hydrogens is 296 g/mol. The number of hydrogen-bond donors (Lipinski definition) is 1. The number of methoxy groups -OCH3 is 1. The highest BCUT2D eigenvalue weighted by Crippen LogP contribution is 2.21. The first-order valence-electron chi connectivity index (χ1n) is 6.65. The van der Waals surface area contributed by atoms with Crippen LogP contribution in [0.4, 0.5) is 0 Å². The summed E-state index contributed by atoms with van der Waals surface area (Å²) in [6, 6.07) is 0. The molecule has 0 unspecified atom stereocenters. The predicted molar refractivity (Wildman–Crippen MR) is 74.2 cm³/mol. The quantitative estimate of drug-likeness (QED) is 0.598. The second-order valence-corrected chi connectivity index (χ2v) is 5.56. The molecule has 0 saturated carbocycles. The van der Waals surface area contributed by atoms with Crippen LogP contribution in [0.1, 0.15) is 18.7 Å². The number of amides is 1. The van der Waals surface area contributed by atoms with Crippen molar-refractivity contribution in [3.8, 4) is 0 Å². The SMILES string of the molecule is COC(=O)C1CCN(C(=O)CSc2nnc(CN)o2)CC1. The summed E-state index contributed by atoms with van der Waals surface area (Å²) in [6.07, 6.45) is 1.28. The number of esters is 1. The largest absolute Gasteiger partial charge is 0.469 e. The lowest BCUT2D eigenvalue weighted by molar-refractivity contribution is -0.148. The lowest BCUT2D eigenvalue weighted by Gasteiger charge is -2.30. The first kappa shape index (κ1) is 15.8. The Morgan fingerprint density at radius 2 is 2.14 bits per heavy atom. The Balaban J connectivity index is 1.76. The van der Waals surface area contributed by atoms with Crippen LogP contribution in [-0.4, -0.2) is 52.9 Å². The van der Waals surface area contributed by atoms with Gasteiger partial charge in [-0.25, -0.2) is 0 Å². The Morgan fingerprint density at radius 1 is 1.43 bits per heavy atom. The third kappa shape index (κ3) is 4.18. The van der Waals surface area contributed by atoms with Gasteiger partial charge in [-0.2, -0.15) is 0 Å². The summed E-state index contributed by atoms with van der Waals surface area (Å²) in [5.74, 6) is 0.279. The van der Waals surface area contributed by atoms with Crippen molar-refractivity contribution in [2.45, 2.75) is 24.6 Å². The molecule has 116 valence electrons. The summed E-state index contributed by atoms with van der Waals surface area (Å²) < 4.78 is 9.94. The molecule has 0 aliphatic carbocycles. The molecule has 0 bridgehead atoms. The van der Waals surface area contributed by atoms with Crippen molar-refractivity contribution in [2.24, 2.45) is 11.7 Å². The lowest BCUT2D eigenvalue weighted by Crippen LogP contribution is -2.41. The van der Waals surface area contributed by atoms with Crippen LogP contribution in [0.15, 0.2) is 9.64 Å². The number of carbonyl (C=O) groups is 2. The van der Waals surface area contributed by atoms with Crippen molar-refractivity contribution in [3.05, 3.63) is 5.89 Å². The fourth-order valence-corrected chi connectivity index (χ4v) is 2.81. The molecule has 1 aromatic heterocycles. The minimum atomic E-state index is -0.198. The van der Waals surface area contributed by atoms with Crippen LogP contribution in [0, 0.1) is 5.92 Å². The highest BCUT2D eigenvalue weighted by molar-refractivity contribution is 7.99. The maximum absolute atomic E-state index is 12.1. The van der Waals surface area contributed by atoms with E-state index in [-0.39, 0.29) is 30.1 Å². The topological polar surface area (TPSA) is 112 Å². The molecule has 1 saturated heterocycles. The van der Waals surface area contributed by atoms with Crippen LogP contribution < -0.4 is 5.73 Å². The molecule has 1 amide bonds. The van der Waals surface area contributed by atoms with Crippen molar-refractivity contribution in [2.75, 3.05) is 26.0 Å². The van der Waals surface area contributed by atoms with E-state index >= 15 is 0 Å². The number of hydrogen-bond acceptors (Lipinski definition) is 8. The molecule has 1 fully saturated rings. The number of likely N-dealkylation sites (tertiary alicyclic amines) is 1. The maximum Gasteiger partial charge on any atom is 0.308 e. The number of rotatable bonds is 5. The zero-order chi connectivity index (χ0) is 15.2. The molecule has 0 radical (unpaired) electrons. The molecule has 0 spiro atoms. The van der Waals surface area contributed by atoms with Crippen molar-refractivity contribution in [3.63, 3.8) is 0 Å². The molecular formula is C12H18N4O4S. The number of carbonyl (C=O) groups excluding carboxylic acids is 2. The standard InChI is InChI=1S/C12H18N4O4S/c1-19-11(18)8-2-4-16(5-3-8)10(17)7-21-12-15-14-9(6-13)20-12/h8H,2-7,13H2,1H3. The van der Waals surface area contributed by atoms with Gasteiger partial charge in [0.2, 0.25) is 11.8 Å². The Labute approximate surface area is 126 Å². The third-order valence-corrected chi connectivity index (χ3v) is 4.13. The third-order valence-electron chi connectivity index (χ3n) is 3.32. The number of nitrogens with two attached hydrogens (primary N) is 1. The molecule has 8 nitrogen and oxygen atoms in total. The lowest BCUT2D eigenvalue weighted by atomic mass is 9.97. The molecule has 1 aliphatic heterocycles. The molecule has 2 heterocycles. The first-order valence-corrected chi connectivity index (χ1v) is 7.63. The van der Waals surface area contributed by atoms with Crippen LogP contribution in [0.25, 0.3) is 0 Å². The highest BCUT2D eigenvalue weighted by atomic mass is 32.2. The van der Waals surface area contributed by atoms with Crippen molar-refractivity contribution in [1.82, 2.24) is 15.1 Å². The van der Waals surface area contributed by atoms with E-state index in [1.165, 1.54) is 18.9 Å². The Hall–Kier alpha value is -1.61. The zero-order valence-electron chi connectivity index (χ0n) is 11.8. The minimum absolute atomic E-state index is 0.00388. The Bertz CT molecular complexity index is 499. The summed E-state index contributed by atoms with van der Waals surface area (Å²) >= 11 is 1.19. The van der Waals surface area contributed by atoms with Gasteiger partial charge in [-0.1, -0.05) is 11.8 Å².